The van der Waals surface area contributed by atoms with Gasteiger partial charge in [-0.15, -0.1) is 10.2 Å². The van der Waals surface area contributed by atoms with Gasteiger partial charge in [0, 0.05) is 44.2 Å². The van der Waals surface area contributed by atoms with Crippen molar-refractivity contribution in [1.82, 2.24) is 20.8 Å². The van der Waals surface area contributed by atoms with E-state index < -0.39 is 6.29 Å². The van der Waals surface area contributed by atoms with E-state index in [9.17, 15) is 14.7 Å². The molecule has 0 radical (unpaired) electrons. The summed E-state index contributed by atoms with van der Waals surface area (Å²) in [6.45, 7) is 4.56. The van der Waals surface area contributed by atoms with Crippen LogP contribution >= 0.6 is 23.1 Å². The Labute approximate surface area is 249 Å². The van der Waals surface area contributed by atoms with Crippen molar-refractivity contribution in [3.8, 4) is 0 Å². The molecule has 3 N–H and O–H groups in total. The minimum absolute atomic E-state index is 0.00477. The van der Waals surface area contributed by atoms with E-state index in [1.807, 2.05) is 55.5 Å². The van der Waals surface area contributed by atoms with Crippen LogP contribution in [0.1, 0.15) is 78.7 Å². The molecule has 1 aromatic heterocycles. The molecule has 1 fully saturated rings. The molecule has 4 rings (SSSR count). The Morgan fingerprint density at radius 2 is 1.71 bits per heavy atom. The fourth-order valence-electron chi connectivity index (χ4n) is 4.46. The number of hydrogen-bond acceptors (Lipinski definition) is 9. The Morgan fingerprint density at radius 1 is 0.976 bits per heavy atom. The van der Waals surface area contributed by atoms with E-state index in [0.29, 0.717) is 25.9 Å². The van der Waals surface area contributed by atoms with Gasteiger partial charge in [0.2, 0.25) is 11.8 Å². The Morgan fingerprint density at radius 3 is 2.39 bits per heavy atom. The molecule has 9 nitrogen and oxygen atoms in total. The lowest BCUT2D eigenvalue weighted by molar-refractivity contribution is -0.245. The number of amides is 2. The normalized spacial score (nSPS) is 18.7. The van der Waals surface area contributed by atoms with Gasteiger partial charge in [-0.05, 0) is 36.5 Å². The zero-order valence-corrected chi connectivity index (χ0v) is 25.1. The molecular weight excluding hydrogens is 560 g/mol. The first-order chi connectivity index (χ1) is 19.9. The van der Waals surface area contributed by atoms with E-state index >= 15 is 0 Å². The molecule has 2 aromatic carbocycles. The lowest BCUT2D eigenvalue weighted by Crippen LogP contribution is -2.31. The van der Waals surface area contributed by atoms with Crippen LogP contribution in [0.2, 0.25) is 0 Å². The number of unbranched alkanes of at least 4 members (excludes halogenated alkanes) is 2. The highest BCUT2D eigenvalue weighted by molar-refractivity contribution is 8.01. The molecule has 0 spiro atoms. The summed E-state index contributed by atoms with van der Waals surface area (Å²) >= 11 is 3.22. The van der Waals surface area contributed by atoms with E-state index in [4.69, 9.17) is 9.47 Å². The van der Waals surface area contributed by atoms with Crippen LogP contribution in [0, 0.1) is 6.92 Å². The summed E-state index contributed by atoms with van der Waals surface area (Å²) in [6, 6.07) is 15.8. The standard InChI is InChI=1S/C30H38N4O5S2/c1-20(36)31-15-5-3-4-6-28(37)32-17-22-7-13-25(14-8-22)29-38-26(19-40-30-34-33-21(2)41-30)16-27(39-29)24-11-9-23(18-35)10-12-24/h7-14,26-27,29,35H,3-6,15-19H2,1-2H3,(H,31,36)(H,32,37)/t26-,27+,29+/m1/s1. The summed E-state index contributed by atoms with van der Waals surface area (Å²) < 4.78 is 13.8. The lowest BCUT2D eigenvalue weighted by atomic mass is 10.0. The van der Waals surface area contributed by atoms with Gasteiger partial charge in [-0.1, -0.05) is 78.1 Å². The van der Waals surface area contributed by atoms with Crippen molar-refractivity contribution in [3.05, 3.63) is 75.8 Å². The highest BCUT2D eigenvalue weighted by Crippen LogP contribution is 2.39. The number of aliphatic hydroxyl groups excluding tert-OH is 1. The molecular formula is C30H38N4O5S2. The number of aromatic nitrogens is 2. The maximum Gasteiger partial charge on any atom is 0.220 e. The number of benzene rings is 2. The predicted octanol–water partition coefficient (Wildman–Crippen LogP) is 4.99. The minimum atomic E-state index is -0.533. The van der Waals surface area contributed by atoms with Crippen LogP contribution in [-0.2, 0) is 32.2 Å². The van der Waals surface area contributed by atoms with Crippen molar-refractivity contribution >= 4 is 34.9 Å². The first kappa shape index (κ1) is 31.1. The molecule has 3 atom stereocenters. The average molecular weight is 599 g/mol. The van der Waals surface area contributed by atoms with Crippen LogP contribution in [0.25, 0.3) is 0 Å². The van der Waals surface area contributed by atoms with Gasteiger partial charge in [0.15, 0.2) is 10.6 Å². The molecule has 1 aliphatic rings. The highest BCUT2D eigenvalue weighted by Gasteiger charge is 2.32. The number of aryl methyl sites for hydroxylation is 1. The zero-order chi connectivity index (χ0) is 29.0. The van der Waals surface area contributed by atoms with Crippen LogP contribution in [0.5, 0.6) is 0 Å². The fourth-order valence-corrected chi connectivity index (χ4v) is 6.32. The van der Waals surface area contributed by atoms with Crippen LogP contribution in [0.4, 0.5) is 0 Å². The average Bonchev–Trinajstić information content (AvgIpc) is 3.41. The van der Waals surface area contributed by atoms with E-state index in [1.165, 1.54) is 6.92 Å². The van der Waals surface area contributed by atoms with Gasteiger partial charge in [0.25, 0.3) is 0 Å². The summed E-state index contributed by atoms with van der Waals surface area (Å²) in [4.78, 5) is 23.1. The smallest absolute Gasteiger partial charge is 0.220 e. The third kappa shape index (κ3) is 10.2. The van der Waals surface area contributed by atoms with Gasteiger partial charge in [-0.2, -0.15) is 0 Å². The zero-order valence-electron chi connectivity index (χ0n) is 23.5. The molecule has 3 aromatic rings. The number of carbonyl (C=O) groups is 2. The van der Waals surface area contributed by atoms with Crippen LogP contribution in [0.15, 0.2) is 52.9 Å². The second kappa shape index (κ2) is 16.0. The Kier molecular flexibility index (Phi) is 12.1. The van der Waals surface area contributed by atoms with Crippen molar-refractivity contribution in [2.75, 3.05) is 12.3 Å². The van der Waals surface area contributed by atoms with E-state index in [1.54, 1.807) is 23.1 Å². The molecule has 41 heavy (non-hydrogen) atoms. The molecule has 220 valence electrons. The van der Waals surface area contributed by atoms with Gasteiger partial charge in [-0.3, -0.25) is 9.59 Å². The van der Waals surface area contributed by atoms with Gasteiger partial charge < -0.3 is 25.2 Å². The van der Waals surface area contributed by atoms with E-state index in [-0.39, 0.29) is 30.6 Å². The van der Waals surface area contributed by atoms with Crippen molar-refractivity contribution < 1.29 is 24.2 Å². The quantitative estimate of drug-likeness (QED) is 0.175. The van der Waals surface area contributed by atoms with E-state index in [2.05, 4.69) is 20.8 Å². The number of thioether (sulfide) groups is 1. The maximum atomic E-state index is 12.2. The number of rotatable bonds is 14. The minimum Gasteiger partial charge on any atom is -0.392 e. The van der Waals surface area contributed by atoms with Crippen molar-refractivity contribution in [3.63, 3.8) is 0 Å². The van der Waals surface area contributed by atoms with Crippen molar-refractivity contribution in [1.29, 1.82) is 0 Å². The van der Waals surface area contributed by atoms with Gasteiger partial charge >= 0.3 is 0 Å². The molecule has 2 heterocycles. The topological polar surface area (TPSA) is 123 Å². The lowest BCUT2D eigenvalue weighted by Gasteiger charge is -2.36. The largest absolute Gasteiger partial charge is 0.392 e. The molecule has 0 saturated carbocycles. The molecule has 2 amide bonds. The number of nitrogens with one attached hydrogen (secondary N) is 2. The number of carbonyl (C=O) groups excluding carboxylic acids is 2. The first-order valence-corrected chi connectivity index (χ1v) is 15.7. The number of aliphatic hydroxyl groups is 1. The van der Waals surface area contributed by atoms with Crippen molar-refractivity contribution in [2.24, 2.45) is 0 Å². The van der Waals surface area contributed by atoms with Gasteiger partial charge in [0.05, 0.1) is 18.8 Å². The summed E-state index contributed by atoms with van der Waals surface area (Å²) in [6.07, 6.45) is 3.00. The summed E-state index contributed by atoms with van der Waals surface area (Å²) in [7, 11) is 0. The molecule has 11 heteroatoms. The summed E-state index contributed by atoms with van der Waals surface area (Å²) in [5.41, 5.74) is 3.82. The molecule has 0 unspecified atom stereocenters. The van der Waals surface area contributed by atoms with Crippen molar-refractivity contribution in [2.45, 2.75) is 81.9 Å². The molecule has 1 saturated heterocycles. The number of hydrogen-bond donors (Lipinski definition) is 3. The van der Waals surface area contributed by atoms with Crippen LogP contribution in [-0.4, -0.2) is 45.5 Å². The second-order valence-corrected chi connectivity index (χ2v) is 12.5. The third-order valence-corrected chi connectivity index (χ3v) is 8.82. The monoisotopic (exact) mass is 598 g/mol. The Balaban J connectivity index is 1.32. The summed E-state index contributed by atoms with van der Waals surface area (Å²) in [5.74, 6) is 0.729. The van der Waals surface area contributed by atoms with Gasteiger partial charge in [0.1, 0.15) is 5.01 Å². The molecule has 0 aliphatic carbocycles. The maximum absolute atomic E-state index is 12.2. The number of ether oxygens (including phenoxy) is 2. The fraction of sp³-hybridized carbons (Fsp3) is 0.467. The molecule has 1 aliphatic heterocycles. The van der Waals surface area contributed by atoms with Crippen LogP contribution in [0.3, 0.4) is 0 Å². The Bertz CT molecular complexity index is 1250. The Hall–Kier alpha value is -2.83. The summed E-state index contributed by atoms with van der Waals surface area (Å²) in [5, 5.41) is 24.5. The SMILES string of the molecule is CC(=O)NCCCCCC(=O)NCc1ccc([C@H]2O[C@@H](CSc3nnc(C)s3)C[C@@H](c3ccc(CO)cc3)O2)cc1. The first-order valence-electron chi connectivity index (χ1n) is 13.9. The predicted molar refractivity (Wildman–Crippen MR) is 159 cm³/mol. The van der Waals surface area contributed by atoms with Gasteiger partial charge in [-0.25, -0.2) is 0 Å². The third-order valence-electron chi connectivity index (χ3n) is 6.71. The highest BCUT2D eigenvalue weighted by atomic mass is 32.2. The molecule has 0 bridgehead atoms. The second-order valence-electron chi connectivity index (χ2n) is 10.1. The number of nitrogens with zero attached hydrogens (tertiary/aromatic N) is 2. The van der Waals surface area contributed by atoms with E-state index in [0.717, 1.165) is 56.6 Å². The van der Waals surface area contributed by atoms with Crippen LogP contribution < -0.4 is 10.6 Å².